The highest BCUT2D eigenvalue weighted by Crippen LogP contribution is 2.20. The van der Waals surface area contributed by atoms with Crippen LogP contribution < -0.4 is 5.32 Å². The van der Waals surface area contributed by atoms with Gasteiger partial charge >= 0.3 is 5.97 Å². The molecule has 1 fully saturated rings. The van der Waals surface area contributed by atoms with Gasteiger partial charge in [-0.15, -0.1) is 0 Å². The summed E-state index contributed by atoms with van der Waals surface area (Å²) in [6.45, 7) is 5.02. The molecule has 0 saturated heterocycles. The van der Waals surface area contributed by atoms with E-state index in [4.69, 9.17) is 9.84 Å². The number of rotatable bonds is 10. The van der Waals surface area contributed by atoms with Crippen molar-refractivity contribution in [2.24, 2.45) is 0 Å². The van der Waals surface area contributed by atoms with Crippen molar-refractivity contribution >= 4 is 11.9 Å². The van der Waals surface area contributed by atoms with Crippen LogP contribution in [-0.4, -0.2) is 60.3 Å². The van der Waals surface area contributed by atoms with E-state index in [9.17, 15) is 9.59 Å². The first-order valence-electron chi connectivity index (χ1n) is 8.33. The van der Waals surface area contributed by atoms with Crippen LogP contribution in [0.25, 0.3) is 0 Å². The molecule has 128 valence electrons. The molecule has 0 atom stereocenters. The Bertz CT molecular complexity index is 341. The van der Waals surface area contributed by atoms with Crippen molar-refractivity contribution in [2.45, 2.75) is 64.5 Å². The zero-order valence-corrected chi connectivity index (χ0v) is 13.8. The SMILES string of the molecule is CC(C)N(CC(=O)O)CC(=O)NCCCOC1CCCCC1. The maximum Gasteiger partial charge on any atom is 0.317 e. The van der Waals surface area contributed by atoms with Crippen LogP contribution in [0.2, 0.25) is 0 Å². The Kier molecular flexibility index (Phi) is 9.08. The van der Waals surface area contributed by atoms with Crippen LogP contribution in [0.1, 0.15) is 52.4 Å². The number of hydrogen-bond donors (Lipinski definition) is 2. The van der Waals surface area contributed by atoms with Gasteiger partial charge in [0.05, 0.1) is 19.2 Å². The minimum atomic E-state index is -0.914. The molecule has 6 heteroatoms. The molecular weight excluding hydrogens is 284 g/mol. The Balaban J connectivity index is 2.09. The lowest BCUT2D eigenvalue weighted by molar-refractivity contribution is -0.139. The molecule has 1 aliphatic carbocycles. The molecular formula is C16H30N2O4. The number of carboxylic acids is 1. The predicted molar refractivity (Wildman–Crippen MR) is 84.8 cm³/mol. The number of carbonyl (C=O) groups excluding carboxylic acids is 1. The summed E-state index contributed by atoms with van der Waals surface area (Å²) in [6, 6.07) is 0.0245. The molecule has 0 aromatic rings. The molecule has 0 aliphatic heterocycles. The summed E-state index contributed by atoms with van der Waals surface area (Å²) >= 11 is 0. The molecule has 22 heavy (non-hydrogen) atoms. The second kappa shape index (κ2) is 10.6. The van der Waals surface area contributed by atoms with Gasteiger partial charge in [0.25, 0.3) is 0 Å². The van der Waals surface area contributed by atoms with Crippen molar-refractivity contribution in [1.82, 2.24) is 10.2 Å². The Morgan fingerprint density at radius 1 is 1.23 bits per heavy atom. The maximum absolute atomic E-state index is 11.8. The minimum absolute atomic E-state index is 0.0245. The van der Waals surface area contributed by atoms with Gasteiger partial charge in [0.1, 0.15) is 0 Å². The first kappa shape index (κ1) is 18.9. The van der Waals surface area contributed by atoms with Crippen LogP contribution in [0.5, 0.6) is 0 Å². The number of ether oxygens (including phenoxy) is 1. The lowest BCUT2D eigenvalue weighted by Crippen LogP contribution is -2.43. The third kappa shape index (κ3) is 8.34. The second-order valence-electron chi connectivity index (χ2n) is 6.23. The molecule has 1 amide bonds. The molecule has 2 N–H and O–H groups in total. The first-order chi connectivity index (χ1) is 10.5. The average molecular weight is 314 g/mol. The highest BCUT2D eigenvalue weighted by molar-refractivity contribution is 5.79. The number of aliphatic carboxylic acids is 1. The topological polar surface area (TPSA) is 78.9 Å². The van der Waals surface area contributed by atoms with Gasteiger partial charge in [-0.3, -0.25) is 14.5 Å². The summed E-state index contributed by atoms with van der Waals surface area (Å²) in [5, 5.41) is 11.7. The highest BCUT2D eigenvalue weighted by atomic mass is 16.5. The van der Waals surface area contributed by atoms with Crippen LogP contribution in [-0.2, 0) is 14.3 Å². The molecule has 0 spiro atoms. The third-order valence-corrected chi connectivity index (χ3v) is 3.96. The van der Waals surface area contributed by atoms with Gasteiger partial charge in [-0.2, -0.15) is 0 Å². The fourth-order valence-electron chi connectivity index (χ4n) is 2.62. The molecule has 1 rings (SSSR count). The molecule has 1 saturated carbocycles. The van der Waals surface area contributed by atoms with Gasteiger partial charge in [0.15, 0.2) is 0 Å². The standard InChI is InChI=1S/C16H30N2O4/c1-13(2)18(12-16(20)21)11-15(19)17-9-6-10-22-14-7-4-3-5-8-14/h13-14H,3-12H2,1-2H3,(H,17,19)(H,20,21). The van der Waals surface area contributed by atoms with Crippen molar-refractivity contribution in [1.29, 1.82) is 0 Å². The average Bonchev–Trinajstić information content (AvgIpc) is 2.46. The van der Waals surface area contributed by atoms with Crippen LogP contribution in [0.3, 0.4) is 0 Å². The van der Waals surface area contributed by atoms with E-state index in [1.165, 1.54) is 19.3 Å². The summed E-state index contributed by atoms with van der Waals surface area (Å²) in [7, 11) is 0. The number of amides is 1. The molecule has 0 unspecified atom stereocenters. The van der Waals surface area contributed by atoms with Crippen molar-refractivity contribution in [2.75, 3.05) is 26.2 Å². The molecule has 0 radical (unpaired) electrons. The fraction of sp³-hybridized carbons (Fsp3) is 0.875. The van der Waals surface area contributed by atoms with Crippen LogP contribution in [0, 0.1) is 0 Å². The Morgan fingerprint density at radius 3 is 2.50 bits per heavy atom. The van der Waals surface area contributed by atoms with E-state index in [0.29, 0.717) is 19.3 Å². The Morgan fingerprint density at radius 2 is 1.91 bits per heavy atom. The van der Waals surface area contributed by atoms with Crippen molar-refractivity contribution in [3.63, 3.8) is 0 Å². The van der Waals surface area contributed by atoms with Crippen LogP contribution in [0.4, 0.5) is 0 Å². The van der Waals surface area contributed by atoms with Crippen LogP contribution in [0.15, 0.2) is 0 Å². The van der Waals surface area contributed by atoms with E-state index in [1.807, 2.05) is 13.8 Å². The molecule has 0 bridgehead atoms. The van der Waals surface area contributed by atoms with Gasteiger partial charge in [0, 0.05) is 19.2 Å². The fourth-order valence-corrected chi connectivity index (χ4v) is 2.62. The zero-order valence-electron chi connectivity index (χ0n) is 13.8. The monoisotopic (exact) mass is 314 g/mol. The molecule has 0 heterocycles. The van der Waals surface area contributed by atoms with Gasteiger partial charge in [-0.05, 0) is 33.1 Å². The summed E-state index contributed by atoms with van der Waals surface area (Å²) < 4.78 is 5.80. The summed E-state index contributed by atoms with van der Waals surface area (Å²) in [4.78, 5) is 24.2. The molecule has 6 nitrogen and oxygen atoms in total. The molecule has 0 aromatic heterocycles. The zero-order chi connectivity index (χ0) is 16.4. The first-order valence-corrected chi connectivity index (χ1v) is 8.33. The Hall–Kier alpha value is -1.14. The quantitative estimate of drug-likeness (QED) is 0.599. The predicted octanol–water partition coefficient (Wildman–Crippen LogP) is 1.64. The minimum Gasteiger partial charge on any atom is -0.480 e. The number of nitrogens with one attached hydrogen (secondary N) is 1. The van der Waals surface area contributed by atoms with Crippen molar-refractivity contribution in [3.8, 4) is 0 Å². The summed E-state index contributed by atoms with van der Waals surface area (Å²) in [5.74, 6) is -1.05. The third-order valence-electron chi connectivity index (χ3n) is 3.96. The number of hydrogen-bond acceptors (Lipinski definition) is 4. The van der Waals surface area contributed by atoms with E-state index >= 15 is 0 Å². The maximum atomic E-state index is 11.8. The smallest absolute Gasteiger partial charge is 0.317 e. The van der Waals surface area contributed by atoms with Crippen LogP contribution >= 0.6 is 0 Å². The lowest BCUT2D eigenvalue weighted by Gasteiger charge is -2.24. The lowest BCUT2D eigenvalue weighted by atomic mass is 9.98. The van der Waals surface area contributed by atoms with Crippen molar-refractivity contribution in [3.05, 3.63) is 0 Å². The van der Waals surface area contributed by atoms with E-state index in [2.05, 4.69) is 5.32 Å². The highest BCUT2D eigenvalue weighted by Gasteiger charge is 2.17. The summed E-state index contributed by atoms with van der Waals surface area (Å²) in [6.07, 6.45) is 7.35. The van der Waals surface area contributed by atoms with Crippen molar-refractivity contribution < 1.29 is 19.4 Å². The van der Waals surface area contributed by atoms with E-state index in [0.717, 1.165) is 19.3 Å². The van der Waals surface area contributed by atoms with E-state index in [1.54, 1.807) is 4.90 Å². The number of carboxylic acid groups (broad SMARTS) is 1. The molecule has 1 aliphatic rings. The van der Waals surface area contributed by atoms with E-state index < -0.39 is 5.97 Å². The van der Waals surface area contributed by atoms with Gasteiger partial charge in [-0.1, -0.05) is 19.3 Å². The summed E-state index contributed by atoms with van der Waals surface area (Å²) in [5.41, 5.74) is 0. The second-order valence-corrected chi connectivity index (χ2v) is 6.23. The normalized spacial score (nSPS) is 16.2. The Labute approximate surface area is 133 Å². The molecule has 0 aromatic carbocycles. The largest absolute Gasteiger partial charge is 0.480 e. The number of carbonyl (C=O) groups is 2. The van der Waals surface area contributed by atoms with E-state index in [-0.39, 0.29) is 25.0 Å². The van der Waals surface area contributed by atoms with Gasteiger partial charge < -0.3 is 15.2 Å². The van der Waals surface area contributed by atoms with Gasteiger partial charge in [0.2, 0.25) is 5.91 Å². The van der Waals surface area contributed by atoms with Gasteiger partial charge in [-0.25, -0.2) is 0 Å². The number of nitrogens with zero attached hydrogens (tertiary/aromatic N) is 1.